The van der Waals surface area contributed by atoms with E-state index in [1.165, 1.54) is 0 Å². The molecule has 16 heavy (non-hydrogen) atoms. The largest absolute Gasteiger partial charge is 0.396 e. The van der Waals surface area contributed by atoms with E-state index >= 15 is 0 Å². The standard InChI is InChI=1S/C10H22N2O3S/c1-3-11-4-6-12(7-5-11)16(14,15)9-10(2)8-13/h10,13H,3-9H2,1-2H3. The molecule has 1 heterocycles. The molecule has 1 N–H and O–H groups in total. The van der Waals surface area contributed by atoms with Gasteiger partial charge in [-0.05, 0) is 12.5 Å². The van der Waals surface area contributed by atoms with E-state index in [0.717, 1.165) is 19.6 Å². The quantitative estimate of drug-likeness (QED) is 0.720. The number of aliphatic hydroxyl groups excluding tert-OH is 1. The molecule has 0 saturated carbocycles. The van der Waals surface area contributed by atoms with Gasteiger partial charge in [0.15, 0.2) is 0 Å². The van der Waals surface area contributed by atoms with Crippen LogP contribution < -0.4 is 0 Å². The van der Waals surface area contributed by atoms with Crippen molar-refractivity contribution < 1.29 is 13.5 Å². The molecular formula is C10H22N2O3S. The number of aliphatic hydroxyl groups is 1. The van der Waals surface area contributed by atoms with Gasteiger partial charge in [-0.25, -0.2) is 8.42 Å². The van der Waals surface area contributed by atoms with Crippen molar-refractivity contribution in [1.82, 2.24) is 9.21 Å². The van der Waals surface area contributed by atoms with E-state index in [0.29, 0.717) is 13.1 Å². The Morgan fingerprint density at radius 3 is 2.25 bits per heavy atom. The first-order valence-corrected chi connectivity index (χ1v) is 7.41. The van der Waals surface area contributed by atoms with Gasteiger partial charge in [0.05, 0.1) is 5.75 Å². The summed E-state index contributed by atoms with van der Waals surface area (Å²) in [6, 6.07) is 0. The fourth-order valence-corrected chi connectivity index (χ4v) is 3.60. The predicted molar refractivity (Wildman–Crippen MR) is 63.7 cm³/mol. The lowest BCUT2D eigenvalue weighted by Crippen LogP contribution is -2.49. The third kappa shape index (κ3) is 3.69. The molecule has 0 aromatic carbocycles. The van der Waals surface area contributed by atoms with Crippen molar-refractivity contribution in [1.29, 1.82) is 0 Å². The second kappa shape index (κ2) is 5.95. The summed E-state index contributed by atoms with van der Waals surface area (Å²) in [5.74, 6) is -0.135. The average molecular weight is 250 g/mol. The highest BCUT2D eigenvalue weighted by molar-refractivity contribution is 7.89. The first-order chi connectivity index (χ1) is 7.49. The molecule has 1 unspecified atom stereocenters. The Bertz CT molecular complexity index is 297. The van der Waals surface area contributed by atoms with Crippen molar-refractivity contribution in [3.63, 3.8) is 0 Å². The van der Waals surface area contributed by atoms with E-state index < -0.39 is 10.0 Å². The van der Waals surface area contributed by atoms with Crippen LogP contribution in [0.4, 0.5) is 0 Å². The van der Waals surface area contributed by atoms with Crippen LogP contribution in [-0.2, 0) is 10.0 Å². The minimum absolute atomic E-state index is 0.0512. The maximum Gasteiger partial charge on any atom is 0.214 e. The molecule has 1 rings (SSSR count). The smallest absolute Gasteiger partial charge is 0.214 e. The zero-order chi connectivity index (χ0) is 12.2. The number of hydrogen-bond acceptors (Lipinski definition) is 4. The van der Waals surface area contributed by atoms with Gasteiger partial charge in [-0.15, -0.1) is 0 Å². The summed E-state index contributed by atoms with van der Waals surface area (Å²) >= 11 is 0. The van der Waals surface area contributed by atoms with E-state index in [4.69, 9.17) is 5.11 Å². The van der Waals surface area contributed by atoms with Gasteiger partial charge in [0.1, 0.15) is 0 Å². The summed E-state index contributed by atoms with van der Waals surface area (Å²) < 4.78 is 25.4. The molecule has 96 valence electrons. The van der Waals surface area contributed by atoms with Gasteiger partial charge in [0, 0.05) is 32.8 Å². The van der Waals surface area contributed by atoms with Crippen molar-refractivity contribution in [2.45, 2.75) is 13.8 Å². The lowest BCUT2D eigenvalue weighted by atomic mass is 10.2. The number of nitrogens with zero attached hydrogens (tertiary/aromatic N) is 2. The molecule has 1 aliphatic rings. The van der Waals surface area contributed by atoms with Gasteiger partial charge in [-0.1, -0.05) is 13.8 Å². The number of piperazine rings is 1. The average Bonchev–Trinajstić information content (AvgIpc) is 2.28. The highest BCUT2D eigenvalue weighted by atomic mass is 32.2. The second-order valence-corrected chi connectivity index (χ2v) is 6.41. The lowest BCUT2D eigenvalue weighted by molar-refractivity contribution is 0.194. The number of rotatable bonds is 5. The van der Waals surface area contributed by atoms with Gasteiger partial charge in [-0.3, -0.25) is 0 Å². The van der Waals surface area contributed by atoms with Crippen LogP contribution in [-0.4, -0.2) is 67.8 Å². The zero-order valence-electron chi connectivity index (χ0n) is 10.1. The molecule has 1 saturated heterocycles. The molecule has 0 amide bonds. The summed E-state index contributed by atoms with van der Waals surface area (Å²) in [5.41, 5.74) is 0. The van der Waals surface area contributed by atoms with Crippen LogP contribution >= 0.6 is 0 Å². The fourth-order valence-electron chi connectivity index (χ4n) is 1.84. The van der Waals surface area contributed by atoms with E-state index in [2.05, 4.69) is 11.8 Å². The summed E-state index contributed by atoms with van der Waals surface area (Å²) in [6.07, 6.45) is 0. The van der Waals surface area contributed by atoms with E-state index in [9.17, 15) is 8.42 Å². The fraction of sp³-hybridized carbons (Fsp3) is 1.00. The summed E-state index contributed by atoms with van der Waals surface area (Å²) in [6.45, 7) is 7.50. The molecule has 0 aromatic heterocycles. The molecule has 0 aromatic rings. The van der Waals surface area contributed by atoms with Crippen LogP contribution in [0.3, 0.4) is 0 Å². The third-order valence-electron chi connectivity index (χ3n) is 2.98. The first-order valence-electron chi connectivity index (χ1n) is 5.80. The maximum atomic E-state index is 11.9. The molecule has 1 atom stereocenters. The van der Waals surface area contributed by atoms with Gasteiger partial charge in [0.2, 0.25) is 10.0 Å². The normalized spacial score (nSPS) is 22.2. The van der Waals surface area contributed by atoms with E-state index in [1.807, 2.05) is 0 Å². The highest BCUT2D eigenvalue weighted by Crippen LogP contribution is 2.10. The minimum atomic E-state index is -3.18. The van der Waals surface area contributed by atoms with Crippen LogP contribution in [0.2, 0.25) is 0 Å². The van der Waals surface area contributed by atoms with Crippen LogP contribution in [0.1, 0.15) is 13.8 Å². The topological polar surface area (TPSA) is 60.9 Å². The Morgan fingerprint density at radius 1 is 1.25 bits per heavy atom. The number of likely N-dealkylation sites (N-methyl/N-ethyl adjacent to an activating group) is 1. The highest BCUT2D eigenvalue weighted by Gasteiger charge is 2.27. The van der Waals surface area contributed by atoms with Crippen molar-refractivity contribution in [2.75, 3.05) is 45.1 Å². The van der Waals surface area contributed by atoms with Crippen molar-refractivity contribution in [3.8, 4) is 0 Å². The first kappa shape index (κ1) is 13.9. The maximum absolute atomic E-state index is 11.9. The summed E-state index contributed by atoms with van der Waals surface area (Å²) in [7, 11) is -3.18. The summed E-state index contributed by atoms with van der Waals surface area (Å²) in [5, 5.41) is 8.89. The molecule has 0 aliphatic carbocycles. The van der Waals surface area contributed by atoms with Gasteiger partial charge < -0.3 is 10.0 Å². The van der Waals surface area contributed by atoms with Crippen LogP contribution in [0, 0.1) is 5.92 Å². The Kier molecular flexibility index (Phi) is 5.17. The third-order valence-corrected chi connectivity index (χ3v) is 5.12. The van der Waals surface area contributed by atoms with Gasteiger partial charge >= 0.3 is 0 Å². The SMILES string of the molecule is CCN1CCN(S(=O)(=O)CC(C)CO)CC1. The van der Waals surface area contributed by atoms with Gasteiger partial charge in [0.25, 0.3) is 0 Å². The molecule has 0 bridgehead atoms. The molecule has 0 spiro atoms. The molecule has 0 radical (unpaired) electrons. The Hall–Kier alpha value is -0.170. The van der Waals surface area contributed by atoms with Crippen LogP contribution in [0.5, 0.6) is 0 Å². The summed E-state index contributed by atoms with van der Waals surface area (Å²) in [4.78, 5) is 2.24. The Labute approximate surface area is 98.1 Å². The molecular weight excluding hydrogens is 228 g/mol. The Balaban J connectivity index is 2.51. The van der Waals surface area contributed by atoms with Crippen molar-refractivity contribution in [2.24, 2.45) is 5.92 Å². The molecule has 5 nitrogen and oxygen atoms in total. The van der Waals surface area contributed by atoms with Gasteiger partial charge in [-0.2, -0.15) is 4.31 Å². The second-order valence-electron chi connectivity index (χ2n) is 4.40. The predicted octanol–water partition coefficient (Wildman–Crippen LogP) is -0.418. The molecule has 1 aliphatic heterocycles. The van der Waals surface area contributed by atoms with Crippen LogP contribution in [0.15, 0.2) is 0 Å². The number of hydrogen-bond donors (Lipinski definition) is 1. The Morgan fingerprint density at radius 2 is 1.81 bits per heavy atom. The monoisotopic (exact) mass is 250 g/mol. The lowest BCUT2D eigenvalue weighted by Gasteiger charge is -2.33. The molecule has 1 fully saturated rings. The zero-order valence-corrected chi connectivity index (χ0v) is 10.9. The van der Waals surface area contributed by atoms with Crippen molar-refractivity contribution in [3.05, 3.63) is 0 Å². The number of sulfonamides is 1. The van der Waals surface area contributed by atoms with Crippen molar-refractivity contribution >= 4 is 10.0 Å². The minimum Gasteiger partial charge on any atom is -0.396 e. The van der Waals surface area contributed by atoms with Crippen LogP contribution in [0.25, 0.3) is 0 Å². The van der Waals surface area contributed by atoms with E-state index in [-0.39, 0.29) is 18.3 Å². The molecule has 6 heteroatoms. The van der Waals surface area contributed by atoms with E-state index in [1.54, 1.807) is 11.2 Å².